The van der Waals surface area contributed by atoms with E-state index in [9.17, 15) is 9.59 Å². The summed E-state index contributed by atoms with van der Waals surface area (Å²) in [6.45, 7) is 1.63. The zero-order valence-electron chi connectivity index (χ0n) is 20.9. The minimum absolute atomic E-state index is 0.256. The molecule has 0 radical (unpaired) electrons. The molecule has 0 unspecified atom stereocenters. The first-order chi connectivity index (χ1) is 18.4. The largest absolute Gasteiger partial charge is 0.493 e. The summed E-state index contributed by atoms with van der Waals surface area (Å²) in [5.74, 6) is 0.702. The Balaban J connectivity index is 1.42. The molecule has 38 heavy (non-hydrogen) atoms. The van der Waals surface area contributed by atoms with Crippen molar-refractivity contribution >= 4 is 44.8 Å². The van der Waals surface area contributed by atoms with Crippen LogP contribution < -0.4 is 24.4 Å². The maximum atomic E-state index is 12.8. The zero-order valence-corrected chi connectivity index (χ0v) is 22.5. The van der Waals surface area contributed by atoms with Gasteiger partial charge in [0.2, 0.25) is 0 Å². The van der Waals surface area contributed by atoms with Gasteiger partial charge in [-0.2, -0.15) is 5.10 Å². The van der Waals surface area contributed by atoms with Crippen molar-refractivity contribution in [1.29, 1.82) is 0 Å². The topological polar surface area (TPSA) is 95.5 Å². The van der Waals surface area contributed by atoms with Gasteiger partial charge >= 0.3 is 5.97 Å². The fourth-order valence-electron chi connectivity index (χ4n) is 3.59. The first-order valence-corrected chi connectivity index (χ1v) is 12.4. The summed E-state index contributed by atoms with van der Waals surface area (Å²) < 4.78 is 22.6. The van der Waals surface area contributed by atoms with Gasteiger partial charge in [-0.05, 0) is 66.2 Å². The van der Waals surface area contributed by atoms with Crippen molar-refractivity contribution in [3.8, 4) is 23.0 Å². The molecule has 8 nitrogen and oxygen atoms in total. The summed E-state index contributed by atoms with van der Waals surface area (Å²) in [6.07, 6.45) is 0.598. The highest BCUT2D eigenvalue weighted by molar-refractivity contribution is 9.10. The molecular formula is C29H25BrN2O6. The second-order valence-corrected chi connectivity index (χ2v) is 9.06. The summed E-state index contributed by atoms with van der Waals surface area (Å²) >= 11 is 3.40. The Morgan fingerprint density at radius 1 is 0.868 bits per heavy atom. The van der Waals surface area contributed by atoms with Crippen LogP contribution in [0.3, 0.4) is 0 Å². The molecule has 0 spiro atoms. The number of carbonyl (C=O) groups is 2. The van der Waals surface area contributed by atoms with Crippen molar-refractivity contribution in [1.82, 2.24) is 5.43 Å². The fourth-order valence-corrected chi connectivity index (χ4v) is 3.97. The quantitative estimate of drug-likeness (QED) is 0.118. The summed E-state index contributed by atoms with van der Waals surface area (Å²) in [6, 6.07) is 23.3. The average Bonchev–Trinajstić information content (AvgIpc) is 2.93. The first-order valence-electron chi connectivity index (χ1n) is 11.6. The van der Waals surface area contributed by atoms with Crippen LogP contribution in [0.2, 0.25) is 0 Å². The van der Waals surface area contributed by atoms with Crippen LogP contribution in [-0.4, -0.2) is 38.4 Å². The van der Waals surface area contributed by atoms with Crippen LogP contribution in [0.1, 0.15) is 22.8 Å². The Hall–Kier alpha value is -4.37. The molecule has 0 saturated heterocycles. The Morgan fingerprint density at radius 3 is 2.37 bits per heavy atom. The molecule has 0 aromatic heterocycles. The van der Waals surface area contributed by atoms with E-state index in [2.05, 4.69) is 26.5 Å². The van der Waals surface area contributed by atoms with Crippen LogP contribution in [-0.2, 0) is 4.79 Å². The minimum Gasteiger partial charge on any atom is -0.493 e. The molecule has 194 valence electrons. The van der Waals surface area contributed by atoms with Gasteiger partial charge in [0.1, 0.15) is 11.5 Å². The zero-order chi connectivity index (χ0) is 27.1. The Morgan fingerprint density at radius 2 is 1.61 bits per heavy atom. The van der Waals surface area contributed by atoms with Gasteiger partial charge in [0.25, 0.3) is 5.91 Å². The number of nitrogens with zero attached hydrogens (tertiary/aromatic N) is 1. The van der Waals surface area contributed by atoms with Crippen molar-refractivity contribution in [2.75, 3.05) is 14.2 Å². The molecule has 0 heterocycles. The molecular weight excluding hydrogens is 552 g/mol. The van der Waals surface area contributed by atoms with Gasteiger partial charge in [0.15, 0.2) is 17.6 Å². The molecule has 0 aliphatic carbocycles. The monoisotopic (exact) mass is 576 g/mol. The van der Waals surface area contributed by atoms with E-state index in [4.69, 9.17) is 18.9 Å². The number of hydrogen-bond donors (Lipinski definition) is 1. The van der Waals surface area contributed by atoms with Crippen LogP contribution in [0.25, 0.3) is 10.8 Å². The number of ether oxygens (including phenoxy) is 4. The molecule has 1 N–H and O–H groups in total. The van der Waals surface area contributed by atoms with Crippen molar-refractivity contribution < 1.29 is 28.5 Å². The summed E-state index contributed by atoms with van der Waals surface area (Å²) in [4.78, 5) is 25.3. The van der Waals surface area contributed by atoms with Gasteiger partial charge in [-0.15, -0.1) is 0 Å². The van der Waals surface area contributed by atoms with Gasteiger partial charge in [0.05, 0.1) is 26.0 Å². The van der Waals surface area contributed by atoms with Gasteiger partial charge < -0.3 is 18.9 Å². The van der Waals surface area contributed by atoms with Crippen LogP contribution in [0.4, 0.5) is 0 Å². The second kappa shape index (κ2) is 12.2. The van der Waals surface area contributed by atoms with Crippen molar-refractivity contribution in [3.63, 3.8) is 0 Å². The number of nitrogens with one attached hydrogen (secondary N) is 1. The van der Waals surface area contributed by atoms with E-state index in [1.165, 1.54) is 26.5 Å². The number of esters is 1. The maximum Gasteiger partial charge on any atom is 0.343 e. The lowest BCUT2D eigenvalue weighted by atomic mass is 10.1. The molecule has 0 aliphatic rings. The molecule has 4 rings (SSSR count). The van der Waals surface area contributed by atoms with E-state index in [-0.39, 0.29) is 11.3 Å². The van der Waals surface area contributed by atoms with E-state index >= 15 is 0 Å². The second-order valence-electron chi connectivity index (χ2n) is 8.14. The van der Waals surface area contributed by atoms with Gasteiger partial charge in [-0.1, -0.05) is 46.3 Å². The van der Waals surface area contributed by atoms with Crippen LogP contribution in [0.5, 0.6) is 23.0 Å². The minimum atomic E-state index is -0.793. The summed E-state index contributed by atoms with van der Waals surface area (Å²) in [5.41, 5.74) is 3.22. The highest BCUT2D eigenvalue weighted by Crippen LogP contribution is 2.29. The number of hydrazone groups is 1. The molecule has 0 aliphatic heterocycles. The number of carbonyl (C=O) groups excluding carboxylic acids is 2. The number of amides is 1. The first kappa shape index (κ1) is 26.7. The third-order valence-electron chi connectivity index (χ3n) is 5.58. The molecule has 4 aromatic carbocycles. The van der Waals surface area contributed by atoms with Crippen LogP contribution >= 0.6 is 15.9 Å². The third-order valence-corrected chi connectivity index (χ3v) is 6.07. The number of halogens is 1. The Bertz CT molecular complexity index is 1500. The molecule has 1 amide bonds. The van der Waals surface area contributed by atoms with Crippen LogP contribution in [0.15, 0.2) is 88.4 Å². The van der Waals surface area contributed by atoms with Crippen molar-refractivity contribution in [2.24, 2.45) is 5.10 Å². The van der Waals surface area contributed by atoms with Gasteiger partial charge in [-0.3, -0.25) is 4.79 Å². The molecule has 4 aromatic rings. The highest BCUT2D eigenvalue weighted by Gasteiger charge is 2.16. The average molecular weight is 577 g/mol. The van der Waals surface area contributed by atoms with E-state index in [1.807, 2.05) is 42.5 Å². The standard InChI is InChI=1S/C29H25BrN2O6/c1-18(37-24-11-8-19-6-4-5-7-20(19)15-24)28(33)32-31-17-22-14-23(30)10-13-25(22)38-29(34)21-9-12-26(35-2)27(16-21)36-3/h4-18H,1-3H3,(H,32,33)/b31-17-/t18-/m1/s1. The Kier molecular flexibility index (Phi) is 8.60. The highest BCUT2D eigenvalue weighted by atomic mass is 79.9. The summed E-state index contributed by atoms with van der Waals surface area (Å²) in [5, 5.41) is 6.13. The van der Waals surface area contributed by atoms with E-state index in [0.29, 0.717) is 22.8 Å². The predicted octanol–water partition coefficient (Wildman–Crippen LogP) is 5.76. The van der Waals surface area contributed by atoms with Crippen molar-refractivity contribution in [2.45, 2.75) is 13.0 Å². The number of hydrogen-bond acceptors (Lipinski definition) is 7. The SMILES string of the molecule is COc1ccc(C(=O)Oc2ccc(Br)cc2/C=N\NC(=O)[C@@H](C)Oc2ccc3ccccc3c2)cc1OC. The third kappa shape index (κ3) is 6.49. The Labute approximate surface area is 228 Å². The van der Waals surface area contributed by atoms with E-state index in [0.717, 1.165) is 15.2 Å². The lowest BCUT2D eigenvalue weighted by molar-refractivity contribution is -0.127. The van der Waals surface area contributed by atoms with E-state index in [1.54, 1.807) is 37.3 Å². The van der Waals surface area contributed by atoms with Gasteiger partial charge in [-0.25, -0.2) is 10.2 Å². The van der Waals surface area contributed by atoms with Gasteiger partial charge in [0, 0.05) is 10.0 Å². The molecule has 0 bridgehead atoms. The molecule has 0 fully saturated rings. The molecule has 1 atom stereocenters. The van der Waals surface area contributed by atoms with E-state index < -0.39 is 18.0 Å². The lowest BCUT2D eigenvalue weighted by Crippen LogP contribution is -2.33. The predicted molar refractivity (Wildman–Crippen MR) is 148 cm³/mol. The lowest BCUT2D eigenvalue weighted by Gasteiger charge is -2.13. The van der Waals surface area contributed by atoms with Crippen LogP contribution in [0, 0.1) is 0 Å². The number of rotatable bonds is 9. The molecule has 0 saturated carbocycles. The fraction of sp³-hybridized carbons (Fsp3) is 0.138. The number of methoxy groups -OCH3 is 2. The number of fused-ring (bicyclic) bond motifs is 1. The summed E-state index contributed by atoms with van der Waals surface area (Å²) in [7, 11) is 3.00. The maximum absolute atomic E-state index is 12.8. The molecule has 9 heteroatoms. The smallest absolute Gasteiger partial charge is 0.343 e. The van der Waals surface area contributed by atoms with Crippen molar-refractivity contribution in [3.05, 3.63) is 94.5 Å². The normalized spacial score (nSPS) is 11.7. The number of benzene rings is 4.